The second-order valence-corrected chi connectivity index (χ2v) is 9.42. The summed E-state index contributed by atoms with van der Waals surface area (Å²) in [6.45, 7) is 2.13. The molecule has 0 aromatic heterocycles. The number of ether oxygens (including phenoxy) is 1. The number of thiol groups is 1. The van der Waals surface area contributed by atoms with Gasteiger partial charge in [0.25, 0.3) is 15.9 Å². The van der Waals surface area contributed by atoms with Crippen molar-refractivity contribution in [2.45, 2.75) is 36.1 Å². The minimum atomic E-state index is -3.93. The standard InChI is InChI=1S/C20H23N3O5S2/c1-14-7-9-17(10-8-14)30(26,27)22-21-19(24)18-11-16(29)12-23(18)20(25)28-13-15-5-3-2-4-6-15/h2-10,16,18,22,29H,11-13H2,1H3,(H,21,24). The Morgan fingerprint density at radius 3 is 2.47 bits per heavy atom. The molecule has 0 saturated carbocycles. The van der Waals surface area contributed by atoms with E-state index < -0.39 is 28.1 Å². The van der Waals surface area contributed by atoms with Gasteiger partial charge in [-0.15, -0.1) is 4.83 Å². The largest absolute Gasteiger partial charge is 0.445 e. The predicted molar refractivity (Wildman–Crippen MR) is 114 cm³/mol. The first-order valence-electron chi connectivity index (χ1n) is 9.30. The highest BCUT2D eigenvalue weighted by molar-refractivity contribution is 7.89. The fourth-order valence-electron chi connectivity index (χ4n) is 3.04. The third-order valence-corrected chi connectivity index (χ3v) is 6.30. The van der Waals surface area contributed by atoms with E-state index in [1.807, 2.05) is 37.3 Å². The van der Waals surface area contributed by atoms with Crippen molar-refractivity contribution in [2.75, 3.05) is 6.54 Å². The Bertz CT molecular complexity index is 997. The molecule has 2 aromatic rings. The van der Waals surface area contributed by atoms with Gasteiger partial charge in [0.2, 0.25) is 0 Å². The van der Waals surface area contributed by atoms with E-state index in [4.69, 9.17) is 4.74 Å². The van der Waals surface area contributed by atoms with Crippen molar-refractivity contribution in [3.05, 3.63) is 65.7 Å². The maximum absolute atomic E-state index is 12.6. The van der Waals surface area contributed by atoms with Gasteiger partial charge < -0.3 is 4.74 Å². The summed E-state index contributed by atoms with van der Waals surface area (Å²) in [5.74, 6) is -0.654. The summed E-state index contributed by atoms with van der Waals surface area (Å²) in [6.07, 6.45) is -0.376. The zero-order valence-corrected chi connectivity index (χ0v) is 18.0. The number of benzene rings is 2. The summed E-state index contributed by atoms with van der Waals surface area (Å²) in [6, 6.07) is 14.5. The molecule has 1 aliphatic heterocycles. The Morgan fingerprint density at radius 2 is 1.80 bits per heavy atom. The van der Waals surface area contributed by atoms with Crippen LogP contribution in [-0.4, -0.2) is 43.2 Å². The van der Waals surface area contributed by atoms with Crippen LogP contribution < -0.4 is 10.3 Å². The molecule has 10 heteroatoms. The normalized spacial score (nSPS) is 18.8. The minimum Gasteiger partial charge on any atom is -0.445 e. The quantitative estimate of drug-likeness (QED) is 0.462. The predicted octanol–water partition coefficient (Wildman–Crippen LogP) is 2.01. The molecule has 1 heterocycles. The number of hydrogen-bond donors (Lipinski definition) is 3. The Morgan fingerprint density at radius 1 is 1.13 bits per heavy atom. The lowest BCUT2D eigenvalue weighted by molar-refractivity contribution is -0.125. The van der Waals surface area contributed by atoms with Gasteiger partial charge in [0.15, 0.2) is 0 Å². The molecular formula is C20H23N3O5S2. The van der Waals surface area contributed by atoms with Crippen molar-refractivity contribution in [1.82, 2.24) is 15.2 Å². The monoisotopic (exact) mass is 449 g/mol. The van der Waals surface area contributed by atoms with Gasteiger partial charge in [-0.25, -0.2) is 13.2 Å². The number of amides is 2. The Hall–Kier alpha value is -2.56. The van der Waals surface area contributed by atoms with Gasteiger partial charge in [0.1, 0.15) is 12.6 Å². The van der Waals surface area contributed by atoms with Crippen molar-refractivity contribution in [3.63, 3.8) is 0 Å². The van der Waals surface area contributed by atoms with E-state index in [-0.39, 0.29) is 29.7 Å². The smallest absolute Gasteiger partial charge is 0.410 e. The van der Waals surface area contributed by atoms with Crippen molar-refractivity contribution >= 4 is 34.7 Å². The van der Waals surface area contributed by atoms with E-state index in [0.717, 1.165) is 11.1 Å². The van der Waals surface area contributed by atoms with Crippen molar-refractivity contribution < 1.29 is 22.7 Å². The molecule has 8 nitrogen and oxygen atoms in total. The van der Waals surface area contributed by atoms with Crippen LogP contribution in [0.15, 0.2) is 59.5 Å². The van der Waals surface area contributed by atoms with Crippen molar-refractivity contribution in [3.8, 4) is 0 Å². The Balaban J connectivity index is 1.60. The van der Waals surface area contributed by atoms with Crippen LogP contribution in [0.1, 0.15) is 17.5 Å². The maximum atomic E-state index is 12.6. The number of carbonyl (C=O) groups is 2. The molecule has 2 atom stereocenters. The lowest BCUT2D eigenvalue weighted by atomic mass is 10.2. The van der Waals surface area contributed by atoms with E-state index >= 15 is 0 Å². The summed E-state index contributed by atoms with van der Waals surface area (Å²) in [7, 11) is -3.93. The van der Waals surface area contributed by atoms with E-state index in [0.29, 0.717) is 0 Å². The number of aryl methyl sites for hydroxylation is 1. The highest BCUT2D eigenvalue weighted by Gasteiger charge is 2.39. The number of carbonyl (C=O) groups excluding carboxylic acids is 2. The first-order chi connectivity index (χ1) is 14.3. The van der Waals surface area contributed by atoms with E-state index in [1.54, 1.807) is 12.1 Å². The number of rotatable bonds is 6. The lowest BCUT2D eigenvalue weighted by Crippen LogP contribution is -2.51. The number of hydrazine groups is 1. The molecular weight excluding hydrogens is 426 g/mol. The van der Waals surface area contributed by atoms with Crippen LogP contribution in [0.2, 0.25) is 0 Å². The third kappa shape index (κ3) is 5.53. The Labute approximate surface area is 181 Å². The molecule has 30 heavy (non-hydrogen) atoms. The average Bonchev–Trinajstić information content (AvgIpc) is 3.13. The van der Waals surface area contributed by atoms with Crippen LogP contribution in [0.3, 0.4) is 0 Å². The van der Waals surface area contributed by atoms with Gasteiger partial charge in [0, 0.05) is 11.8 Å². The van der Waals surface area contributed by atoms with Crippen LogP contribution in [0.5, 0.6) is 0 Å². The summed E-state index contributed by atoms with van der Waals surface area (Å²) in [5.41, 5.74) is 3.93. The Kier molecular flexibility index (Phi) is 7.01. The molecule has 160 valence electrons. The van der Waals surface area contributed by atoms with E-state index in [1.165, 1.54) is 17.0 Å². The molecule has 1 aliphatic rings. The highest BCUT2D eigenvalue weighted by atomic mass is 32.2. The molecule has 2 aromatic carbocycles. The molecule has 2 N–H and O–H groups in total. The average molecular weight is 450 g/mol. The molecule has 2 amide bonds. The summed E-state index contributed by atoms with van der Waals surface area (Å²) in [5, 5.41) is -0.223. The zero-order chi connectivity index (χ0) is 21.7. The number of nitrogens with zero attached hydrogens (tertiary/aromatic N) is 1. The molecule has 0 spiro atoms. The van der Waals surface area contributed by atoms with Crippen LogP contribution >= 0.6 is 12.6 Å². The highest BCUT2D eigenvalue weighted by Crippen LogP contribution is 2.23. The lowest BCUT2D eigenvalue weighted by Gasteiger charge is -2.23. The van der Waals surface area contributed by atoms with Crippen molar-refractivity contribution in [2.24, 2.45) is 0 Å². The number of hydrogen-bond acceptors (Lipinski definition) is 6. The second-order valence-electron chi connectivity index (χ2n) is 7.01. The van der Waals surface area contributed by atoms with Gasteiger partial charge in [-0.1, -0.05) is 48.0 Å². The van der Waals surface area contributed by atoms with Crippen LogP contribution in [-0.2, 0) is 26.2 Å². The molecule has 3 rings (SSSR count). The summed E-state index contributed by atoms with van der Waals surface area (Å²) < 4.78 is 30.0. The fraction of sp³-hybridized carbons (Fsp3) is 0.300. The number of sulfonamides is 1. The van der Waals surface area contributed by atoms with Gasteiger partial charge in [-0.2, -0.15) is 12.6 Å². The van der Waals surface area contributed by atoms with E-state index in [2.05, 4.69) is 22.9 Å². The topological polar surface area (TPSA) is 105 Å². The summed E-state index contributed by atoms with van der Waals surface area (Å²) >= 11 is 4.36. The first-order valence-corrected chi connectivity index (χ1v) is 11.3. The molecule has 0 radical (unpaired) electrons. The molecule has 1 saturated heterocycles. The van der Waals surface area contributed by atoms with Gasteiger partial charge >= 0.3 is 6.09 Å². The molecule has 0 aliphatic carbocycles. The SMILES string of the molecule is Cc1ccc(S(=O)(=O)NNC(=O)C2CC(S)CN2C(=O)OCc2ccccc2)cc1. The van der Waals surface area contributed by atoms with Crippen LogP contribution in [0.25, 0.3) is 0 Å². The zero-order valence-electron chi connectivity index (χ0n) is 16.3. The van der Waals surface area contributed by atoms with Crippen LogP contribution in [0, 0.1) is 6.92 Å². The summed E-state index contributed by atoms with van der Waals surface area (Å²) in [4.78, 5) is 28.4. The van der Waals surface area contributed by atoms with Gasteiger partial charge in [0.05, 0.1) is 4.90 Å². The molecule has 2 unspecified atom stereocenters. The molecule has 0 bridgehead atoms. The van der Waals surface area contributed by atoms with Crippen molar-refractivity contribution in [1.29, 1.82) is 0 Å². The fourth-order valence-corrected chi connectivity index (χ4v) is 4.27. The third-order valence-electron chi connectivity index (χ3n) is 4.66. The second kappa shape index (κ2) is 9.50. The first kappa shape index (κ1) is 22.1. The number of nitrogens with one attached hydrogen (secondary N) is 2. The number of likely N-dealkylation sites (tertiary alicyclic amines) is 1. The van der Waals surface area contributed by atoms with Crippen LogP contribution in [0.4, 0.5) is 4.79 Å². The van der Waals surface area contributed by atoms with Gasteiger partial charge in [-0.05, 0) is 31.0 Å². The van der Waals surface area contributed by atoms with Gasteiger partial charge in [-0.3, -0.25) is 15.1 Å². The minimum absolute atomic E-state index is 0.0195. The van der Waals surface area contributed by atoms with E-state index in [9.17, 15) is 18.0 Å². The maximum Gasteiger partial charge on any atom is 0.410 e. The molecule has 1 fully saturated rings.